The maximum atomic E-state index is 10.8. The van der Waals surface area contributed by atoms with Crippen LogP contribution in [0.3, 0.4) is 0 Å². The molecular weight excluding hydrogens is 336 g/mol. The molecule has 1 aliphatic heterocycles. The van der Waals surface area contributed by atoms with Crippen molar-refractivity contribution in [1.82, 2.24) is 0 Å². The quantitative estimate of drug-likeness (QED) is 0.509. The first-order valence-electron chi connectivity index (χ1n) is 8.57. The number of methoxy groups -OCH3 is 2. The number of benzene rings is 1. The van der Waals surface area contributed by atoms with Gasteiger partial charge in [-0.05, 0) is 5.56 Å². The Hall–Kier alpha value is -1.54. The van der Waals surface area contributed by atoms with E-state index >= 15 is 0 Å². The Balaban J connectivity index is 2.23. The van der Waals surface area contributed by atoms with Crippen LogP contribution < -0.4 is 0 Å². The van der Waals surface area contributed by atoms with Crippen molar-refractivity contribution < 1.29 is 28.8 Å². The van der Waals surface area contributed by atoms with Crippen molar-refractivity contribution in [3.63, 3.8) is 0 Å². The zero-order valence-electron chi connectivity index (χ0n) is 15.4. The summed E-state index contributed by atoms with van der Waals surface area (Å²) in [6.45, 7) is 3.89. The molecule has 26 heavy (non-hydrogen) atoms. The van der Waals surface area contributed by atoms with E-state index in [2.05, 4.69) is 6.58 Å². The maximum absolute atomic E-state index is 10.8. The molecule has 0 spiro atoms. The van der Waals surface area contributed by atoms with Gasteiger partial charge >= 0.3 is 0 Å². The predicted molar refractivity (Wildman–Crippen MR) is 98.2 cm³/mol. The summed E-state index contributed by atoms with van der Waals surface area (Å²) in [6.07, 6.45) is 4.56. The molecule has 0 aromatic heterocycles. The summed E-state index contributed by atoms with van der Waals surface area (Å²) in [5.74, 6) is -1.38. The monoisotopic (exact) mass is 364 g/mol. The second-order valence-electron chi connectivity index (χ2n) is 6.14. The van der Waals surface area contributed by atoms with Crippen LogP contribution in [0.1, 0.15) is 18.4 Å². The Morgan fingerprint density at radius 3 is 2.54 bits per heavy atom. The molecule has 1 aliphatic rings. The molecule has 0 bridgehead atoms. The molecule has 0 amide bonds. The first kappa shape index (κ1) is 20.8. The van der Waals surface area contributed by atoms with Crippen LogP contribution in [0.25, 0.3) is 6.08 Å². The van der Waals surface area contributed by atoms with Crippen LogP contribution in [0.4, 0.5) is 0 Å². The molecule has 1 heterocycles. The van der Waals surface area contributed by atoms with Gasteiger partial charge in [-0.15, -0.1) is 6.58 Å². The lowest BCUT2D eigenvalue weighted by molar-refractivity contribution is -0.311. The van der Waals surface area contributed by atoms with Gasteiger partial charge in [0.1, 0.15) is 25.8 Å². The normalized spacial score (nSPS) is 29.1. The molecule has 1 aromatic carbocycles. The fourth-order valence-electron chi connectivity index (χ4n) is 2.94. The molecule has 0 aliphatic carbocycles. The minimum atomic E-state index is -1.38. The number of aliphatic hydroxyl groups is 1. The van der Waals surface area contributed by atoms with E-state index in [1.165, 1.54) is 0 Å². The highest BCUT2D eigenvalue weighted by atomic mass is 16.7. The van der Waals surface area contributed by atoms with Crippen molar-refractivity contribution in [2.75, 3.05) is 27.8 Å². The maximum Gasteiger partial charge on any atom is 0.172 e. The molecule has 1 fully saturated rings. The van der Waals surface area contributed by atoms with Crippen LogP contribution in [0, 0.1) is 0 Å². The Morgan fingerprint density at radius 1 is 1.19 bits per heavy atom. The summed E-state index contributed by atoms with van der Waals surface area (Å²) in [6, 6.07) is 9.84. The highest BCUT2D eigenvalue weighted by Crippen LogP contribution is 2.34. The number of hydrogen-bond donors (Lipinski definition) is 1. The zero-order valence-corrected chi connectivity index (χ0v) is 15.4. The molecule has 1 aromatic rings. The Morgan fingerprint density at radius 2 is 1.88 bits per heavy atom. The lowest BCUT2D eigenvalue weighted by Crippen LogP contribution is -2.56. The number of hydrogen-bond acceptors (Lipinski definition) is 6. The van der Waals surface area contributed by atoms with Crippen molar-refractivity contribution in [2.45, 2.75) is 36.9 Å². The third-order valence-corrected chi connectivity index (χ3v) is 4.09. The van der Waals surface area contributed by atoms with E-state index in [4.69, 9.17) is 23.7 Å². The van der Waals surface area contributed by atoms with E-state index in [1.807, 2.05) is 42.5 Å². The van der Waals surface area contributed by atoms with Crippen LogP contribution in [-0.2, 0) is 23.7 Å². The standard InChI is InChI=1S/C20H28O6/c1-4-12-20(21)13-18(24-14-22-2)19(25-15-23-3)17(26-20)11-10-16-8-6-5-7-9-16/h4-11,17-19,21H,1,12-15H2,2-3H3/b11-10+/t17-,18-,19-,20?/m1/s1. The lowest BCUT2D eigenvalue weighted by Gasteiger charge is -2.44. The minimum Gasteiger partial charge on any atom is -0.365 e. The van der Waals surface area contributed by atoms with Gasteiger partial charge < -0.3 is 28.8 Å². The van der Waals surface area contributed by atoms with Crippen molar-refractivity contribution >= 4 is 6.08 Å². The fraction of sp³-hybridized carbons (Fsp3) is 0.500. The average Bonchev–Trinajstić information content (AvgIpc) is 2.64. The van der Waals surface area contributed by atoms with Gasteiger partial charge in [0.2, 0.25) is 0 Å². The van der Waals surface area contributed by atoms with Crippen LogP contribution in [0.2, 0.25) is 0 Å². The number of ether oxygens (including phenoxy) is 5. The topological polar surface area (TPSA) is 66.4 Å². The summed E-state index contributed by atoms with van der Waals surface area (Å²) < 4.78 is 27.6. The van der Waals surface area contributed by atoms with Gasteiger partial charge in [-0.2, -0.15) is 0 Å². The molecular formula is C20H28O6. The fourth-order valence-corrected chi connectivity index (χ4v) is 2.94. The first-order chi connectivity index (χ1) is 12.6. The van der Waals surface area contributed by atoms with Gasteiger partial charge in [-0.3, -0.25) is 0 Å². The second kappa shape index (κ2) is 10.6. The third-order valence-electron chi connectivity index (χ3n) is 4.09. The van der Waals surface area contributed by atoms with Gasteiger partial charge in [0.15, 0.2) is 5.79 Å². The second-order valence-corrected chi connectivity index (χ2v) is 6.14. The van der Waals surface area contributed by atoms with Crippen LogP contribution >= 0.6 is 0 Å². The van der Waals surface area contributed by atoms with Crippen LogP contribution in [-0.4, -0.2) is 57.0 Å². The smallest absolute Gasteiger partial charge is 0.172 e. The Kier molecular flexibility index (Phi) is 8.44. The average molecular weight is 364 g/mol. The molecule has 2 rings (SSSR count). The highest BCUT2D eigenvalue weighted by molar-refractivity contribution is 5.49. The third kappa shape index (κ3) is 6.02. The van der Waals surface area contributed by atoms with E-state index < -0.39 is 24.1 Å². The SMILES string of the molecule is C=CCC1(O)C[C@@H](OCOC)[C@H](OCOC)[C@@H](/C=C/c2ccccc2)O1. The van der Waals surface area contributed by atoms with Gasteiger partial charge in [-0.25, -0.2) is 0 Å². The highest BCUT2D eigenvalue weighted by Gasteiger charge is 2.46. The molecule has 0 radical (unpaired) electrons. The van der Waals surface area contributed by atoms with Crippen LogP contribution in [0.5, 0.6) is 0 Å². The predicted octanol–water partition coefficient (Wildman–Crippen LogP) is 2.73. The molecule has 0 saturated carbocycles. The molecule has 1 saturated heterocycles. The van der Waals surface area contributed by atoms with E-state index in [-0.39, 0.29) is 26.4 Å². The molecule has 6 heteroatoms. The molecule has 1 unspecified atom stereocenters. The van der Waals surface area contributed by atoms with Crippen molar-refractivity contribution in [3.8, 4) is 0 Å². The zero-order chi connectivity index (χ0) is 18.8. The minimum absolute atomic E-state index is 0.0937. The first-order valence-corrected chi connectivity index (χ1v) is 8.57. The van der Waals surface area contributed by atoms with Gasteiger partial charge in [0.25, 0.3) is 0 Å². The van der Waals surface area contributed by atoms with Crippen molar-refractivity contribution in [3.05, 3.63) is 54.6 Å². The van der Waals surface area contributed by atoms with Crippen molar-refractivity contribution in [2.24, 2.45) is 0 Å². The molecule has 4 atom stereocenters. The van der Waals surface area contributed by atoms with Gasteiger partial charge in [0, 0.05) is 27.1 Å². The lowest BCUT2D eigenvalue weighted by atomic mass is 9.92. The van der Waals surface area contributed by atoms with E-state index in [0.717, 1.165) is 5.56 Å². The number of rotatable bonds is 10. The molecule has 6 nitrogen and oxygen atoms in total. The summed E-state index contributed by atoms with van der Waals surface area (Å²) in [5, 5.41) is 10.8. The summed E-state index contributed by atoms with van der Waals surface area (Å²) in [7, 11) is 3.10. The summed E-state index contributed by atoms with van der Waals surface area (Å²) in [5.41, 5.74) is 1.02. The largest absolute Gasteiger partial charge is 0.365 e. The summed E-state index contributed by atoms with van der Waals surface area (Å²) >= 11 is 0. The molecule has 1 N–H and O–H groups in total. The summed E-state index contributed by atoms with van der Waals surface area (Å²) in [4.78, 5) is 0. The van der Waals surface area contributed by atoms with Gasteiger partial charge in [-0.1, -0.05) is 48.6 Å². The van der Waals surface area contributed by atoms with E-state index in [1.54, 1.807) is 20.3 Å². The van der Waals surface area contributed by atoms with E-state index in [9.17, 15) is 5.11 Å². The Bertz CT molecular complexity index is 561. The van der Waals surface area contributed by atoms with Crippen molar-refractivity contribution in [1.29, 1.82) is 0 Å². The van der Waals surface area contributed by atoms with Crippen LogP contribution in [0.15, 0.2) is 49.1 Å². The Labute approximate surface area is 155 Å². The van der Waals surface area contributed by atoms with E-state index in [0.29, 0.717) is 0 Å². The van der Waals surface area contributed by atoms with Gasteiger partial charge in [0.05, 0.1) is 6.10 Å². The molecule has 144 valence electrons.